The van der Waals surface area contributed by atoms with Crippen molar-refractivity contribution in [1.29, 1.82) is 0 Å². The minimum Gasteiger partial charge on any atom is -0.381 e. The van der Waals surface area contributed by atoms with Crippen molar-refractivity contribution in [1.82, 2.24) is 10.6 Å². The van der Waals surface area contributed by atoms with Crippen LogP contribution in [-0.4, -0.2) is 37.7 Å². The minimum atomic E-state index is 0. The molecule has 100 valence electrons. The quantitative estimate of drug-likeness (QED) is 0.802. The molecule has 2 aliphatic rings. The van der Waals surface area contributed by atoms with E-state index in [4.69, 9.17) is 4.74 Å². The summed E-state index contributed by atoms with van der Waals surface area (Å²) >= 11 is 0. The highest BCUT2D eigenvalue weighted by Crippen LogP contribution is 2.11. The van der Waals surface area contributed by atoms with E-state index in [9.17, 15) is 4.79 Å². The van der Waals surface area contributed by atoms with E-state index >= 15 is 0 Å². The van der Waals surface area contributed by atoms with E-state index in [0.29, 0.717) is 18.5 Å². The van der Waals surface area contributed by atoms with Crippen LogP contribution in [0.1, 0.15) is 38.5 Å². The lowest BCUT2D eigenvalue weighted by atomic mass is 10.1. The van der Waals surface area contributed by atoms with E-state index in [0.717, 1.165) is 39.0 Å². The van der Waals surface area contributed by atoms with Gasteiger partial charge in [0.1, 0.15) is 0 Å². The fourth-order valence-electron chi connectivity index (χ4n) is 2.45. The highest BCUT2D eigenvalue weighted by molar-refractivity contribution is 5.85. The van der Waals surface area contributed by atoms with Crippen LogP contribution in [-0.2, 0) is 9.53 Å². The fraction of sp³-hybridized carbons (Fsp3) is 0.917. The van der Waals surface area contributed by atoms with E-state index in [1.807, 2.05) is 0 Å². The molecule has 0 radical (unpaired) electrons. The Hall–Kier alpha value is -0.320. The Labute approximate surface area is 109 Å². The molecule has 0 aromatic heterocycles. The van der Waals surface area contributed by atoms with Crippen molar-refractivity contribution in [2.45, 2.75) is 50.6 Å². The zero-order chi connectivity index (χ0) is 11.2. The Bertz CT molecular complexity index is 227. The molecule has 0 aromatic rings. The summed E-state index contributed by atoms with van der Waals surface area (Å²) in [6, 6.07) is 0.915. The molecule has 2 aliphatic heterocycles. The summed E-state index contributed by atoms with van der Waals surface area (Å²) in [6.07, 6.45) is 6.06. The molecule has 1 amide bonds. The number of carbonyl (C=O) groups is 1. The molecule has 2 saturated heterocycles. The molecule has 17 heavy (non-hydrogen) atoms. The molecule has 4 nitrogen and oxygen atoms in total. The third kappa shape index (κ3) is 5.23. The number of hydrogen-bond donors (Lipinski definition) is 2. The molecule has 2 rings (SSSR count). The third-order valence-electron chi connectivity index (χ3n) is 3.47. The van der Waals surface area contributed by atoms with Gasteiger partial charge in [-0.15, -0.1) is 12.4 Å². The molecule has 2 fully saturated rings. The van der Waals surface area contributed by atoms with Crippen LogP contribution in [0.5, 0.6) is 0 Å². The predicted octanol–water partition coefficient (Wildman–Crippen LogP) is 1.24. The van der Waals surface area contributed by atoms with Gasteiger partial charge in [-0.2, -0.15) is 0 Å². The summed E-state index contributed by atoms with van der Waals surface area (Å²) in [5.74, 6) is 0.209. The van der Waals surface area contributed by atoms with E-state index < -0.39 is 0 Å². The SMILES string of the molecule is Cl.O=C(CCC1CCCN1)NC1CCOCC1. The van der Waals surface area contributed by atoms with Gasteiger partial charge in [-0.25, -0.2) is 0 Å². The second-order valence-electron chi connectivity index (χ2n) is 4.79. The largest absolute Gasteiger partial charge is 0.381 e. The molecule has 1 unspecified atom stereocenters. The smallest absolute Gasteiger partial charge is 0.220 e. The predicted molar refractivity (Wildman–Crippen MR) is 69.5 cm³/mol. The number of nitrogens with one attached hydrogen (secondary N) is 2. The summed E-state index contributed by atoms with van der Waals surface area (Å²) in [4.78, 5) is 11.7. The average molecular weight is 263 g/mol. The van der Waals surface area contributed by atoms with E-state index in [1.54, 1.807) is 0 Å². The van der Waals surface area contributed by atoms with Crippen molar-refractivity contribution >= 4 is 18.3 Å². The van der Waals surface area contributed by atoms with Crippen molar-refractivity contribution in [3.05, 3.63) is 0 Å². The Kier molecular flexibility index (Phi) is 6.85. The molecule has 2 N–H and O–H groups in total. The Morgan fingerprint density at radius 1 is 1.29 bits per heavy atom. The normalized spacial score (nSPS) is 25.3. The molecule has 0 bridgehead atoms. The van der Waals surface area contributed by atoms with Crippen molar-refractivity contribution in [2.75, 3.05) is 19.8 Å². The Morgan fingerprint density at radius 2 is 2.06 bits per heavy atom. The van der Waals surface area contributed by atoms with Gasteiger partial charge in [-0.05, 0) is 38.6 Å². The highest BCUT2D eigenvalue weighted by Gasteiger charge is 2.18. The second kappa shape index (κ2) is 7.90. The summed E-state index contributed by atoms with van der Waals surface area (Å²) in [6.45, 7) is 2.69. The molecular weight excluding hydrogens is 240 g/mol. The lowest BCUT2D eigenvalue weighted by Gasteiger charge is -2.23. The van der Waals surface area contributed by atoms with Crippen LogP contribution in [0.25, 0.3) is 0 Å². The lowest BCUT2D eigenvalue weighted by molar-refractivity contribution is -0.122. The fourth-order valence-corrected chi connectivity index (χ4v) is 2.45. The topological polar surface area (TPSA) is 50.4 Å². The van der Waals surface area contributed by atoms with E-state index in [-0.39, 0.29) is 18.3 Å². The van der Waals surface area contributed by atoms with Gasteiger partial charge in [0.25, 0.3) is 0 Å². The Balaban J connectivity index is 0.00000144. The zero-order valence-corrected chi connectivity index (χ0v) is 11.1. The molecule has 5 heteroatoms. The summed E-state index contributed by atoms with van der Waals surface area (Å²) in [7, 11) is 0. The van der Waals surface area contributed by atoms with Crippen LogP contribution in [0.3, 0.4) is 0 Å². The van der Waals surface area contributed by atoms with Gasteiger partial charge >= 0.3 is 0 Å². The third-order valence-corrected chi connectivity index (χ3v) is 3.47. The standard InChI is InChI=1S/C12H22N2O2.ClH/c15-12(4-3-10-2-1-7-13-10)14-11-5-8-16-9-6-11;/h10-11,13H,1-9H2,(H,14,15);1H. The summed E-state index contributed by atoms with van der Waals surface area (Å²) < 4.78 is 5.26. The number of ether oxygens (including phenoxy) is 1. The molecule has 0 aliphatic carbocycles. The van der Waals surface area contributed by atoms with E-state index in [1.165, 1.54) is 12.8 Å². The minimum absolute atomic E-state index is 0. The molecular formula is C12H23ClN2O2. The molecule has 2 heterocycles. The van der Waals surface area contributed by atoms with Gasteiger partial charge in [0, 0.05) is 31.7 Å². The van der Waals surface area contributed by atoms with Crippen molar-refractivity contribution in [2.24, 2.45) is 0 Å². The molecule has 0 saturated carbocycles. The van der Waals surface area contributed by atoms with Crippen molar-refractivity contribution in [3.8, 4) is 0 Å². The van der Waals surface area contributed by atoms with Crippen molar-refractivity contribution < 1.29 is 9.53 Å². The van der Waals surface area contributed by atoms with Crippen LogP contribution in [0.4, 0.5) is 0 Å². The first-order valence-electron chi connectivity index (χ1n) is 6.45. The number of amides is 1. The zero-order valence-electron chi connectivity index (χ0n) is 10.2. The first kappa shape index (κ1) is 14.7. The van der Waals surface area contributed by atoms with E-state index in [2.05, 4.69) is 10.6 Å². The molecule has 1 atom stereocenters. The monoisotopic (exact) mass is 262 g/mol. The van der Waals surface area contributed by atoms with Crippen LogP contribution < -0.4 is 10.6 Å². The van der Waals surface area contributed by atoms with Gasteiger partial charge < -0.3 is 15.4 Å². The first-order chi connectivity index (χ1) is 7.84. The maximum Gasteiger partial charge on any atom is 0.220 e. The Morgan fingerprint density at radius 3 is 2.71 bits per heavy atom. The number of hydrogen-bond acceptors (Lipinski definition) is 3. The first-order valence-corrected chi connectivity index (χ1v) is 6.45. The lowest BCUT2D eigenvalue weighted by Crippen LogP contribution is -2.39. The van der Waals surface area contributed by atoms with Crippen LogP contribution in [0, 0.1) is 0 Å². The average Bonchev–Trinajstić information content (AvgIpc) is 2.81. The maximum atomic E-state index is 11.7. The number of rotatable bonds is 4. The van der Waals surface area contributed by atoms with Gasteiger partial charge in [0.2, 0.25) is 5.91 Å². The maximum absolute atomic E-state index is 11.7. The molecule has 0 spiro atoms. The van der Waals surface area contributed by atoms with Crippen LogP contribution in [0.2, 0.25) is 0 Å². The molecule has 0 aromatic carbocycles. The summed E-state index contributed by atoms with van der Waals surface area (Å²) in [5, 5.41) is 6.51. The number of halogens is 1. The number of carbonyl (C=O) groups excluding carboxylic acids is 1. The van der Waals surface area contributed by atoms with Crippen LogP contribution >= 0.6 is 12.4 Å². The van der Waals surface area contributed by atoms with Gasteiger partial charge in [0.15, 0.2) is 0 Å². The van der Waals surface area contributed by atoms with Gasteiger partial charge in [0.05, 0.1) is 0 Å². The summed E-state index contributed by atoms with van der Waals surface area (Å²) in [5.41, 5.74) is 0. The second-order valence-corrected chi connectivity index (χ2v) is 4.79. The highest BCUT2D eigenvalue weighted by atomic mass is 35.5. The van der Waals surface area contributed by atoms with Crippen molar-refractivity contribution in [3.63, 3.8) is 0 Å². The van der Waals surface area contributed by atoms with Gasteiger partial charge in [-0.3, -0.25) is 4.79 Å². The van der Waals surface area contributed by atoms with Crippen LogP contribution in [0.15, 0.2) is 0 Å². The van der Waals surface area contributed by atoms with Gasteiger partial charge in [-0.1, -0.05) is 0 Å².